The van der Waals surface area contributed by atoms with Gasteiger partial charge in [0.1, 0.15) is 6.04 Å². The maximum absolute atomic E-state index is 10.2. The van der Waals surface area contributed by atoms with Crippen LogP contribution in [0.4, 0.5) is 14.4 Å². The monoisotopic (exact) mass is 593 g/mol. The third-order valence-corrected chi connectivity index (χ3v) is 3.45. The van der Waals surface area contributed by atoms with Gasteiger partial charge in [0.2, 0.25) is 0 Å². The van der Waals surface area contributed by atoms with Crippen LogP contribution in [0.3, 0.4) is 0 Å². The van der Waals surface area contributed by atoms with Crippen molar-refractivity contribution >= 4 is 58.5 Å². The van der Waals surface area contributed by atoms with Gasteiger partial charge in [-0.2, -0.15) is 12.6 Å². The van der Waals surface area contributed by atoms with Gasteiger partial charge in [-0.25, -0.2) is 0 Å². The molecule has 0 saturated heterocycles. The van der Waals surface area contributed by atoms with Gasteiger partial charge >= 0.3 is 117 Å². The van der Waals surface area contributed by atoms with Gasteiger partial charge in [0.15, 0.2) is 17.1 Å². The summed E-state index contributed by atoms with van der Waals surface area (Å²) in [5, 5.41) is 35.8. The number of hydrogen-bond donors (Lipinski definition) is 9. The van der Waals surface area contributed by atoms with Crippen molar-refractivity contribution in [3.63, 3.8) is 0 Å². The van der Waals surface area contributed by atoms with Crippen LogP contribution in [0.2, 0.25) is 0 Å². The molecule has 0 aromatic carbocycles. The second-order valence-electron chi connectivity index (χ2n) is 4.90. The summed E-state index contributed by atoms with van der Waals surface area (Å²) in [4.78, 5) is 82.9. The van der Waals surface area contributed by atoms with Gasteiger partial charge in [-0.15, -0.1) is 0 Å². The Labute approximate surface area is 257 Å². The molecule has 1 atom stereocenters. The second kappa shape index (κ2) is 21.7. The number of hydrogen-bond acceptors (Lipinski definition) is 12. The van der Waals surface area contributed by atoms with E-state index >= 15 is 0 Å². The molecule has 0 aliphatic rings. The summed E-state index contributed by atoms with van der Waals surface area (Å²) in [5.74, 6) is -1.02. The number of rotatable bonds is 5. The molecule has 0 aliphatic carbocycles. The molecule has 0 spiro atoms. The fourth-order valence-electron chi connectivity index (χ4n) is 0.302. The third-order valence-electron chi connectivity index (χ3n) is 1.74. The van der Waals surface area contributed by atoms with E-state index in [-0.39, 0.29) is 88.7 Å². The Morgan fingerprint density at radius 3 is 0.848 bits per heavy atom. The molecule has 0 aromatic heterocycles. The molecule has 0 rings (SSSR count). The van der Waals surface area contributed by atoms with Crippen molar-refractivity contribution in [2.75, 3.05) is 0 Å². The maximum atomic E-state index is 10.2. The van der Waals surface area contributed by atoms with E-state index < -0.39 is 56.7 Å². The zero-order chi connectivity index (χ0) is 25.9. The molecule has 0 radical (unpaired) electrons. The Kier molecular flexibility index (Phi) is 33.7. The van der Waals surface area contributed by atoms with E-state index in [1.807, 2.05) is 0 Å². The molecule has 25 heteroatoms. The number of aliphatic carboxylic acids is 1. The van der Waals surface area contributed by atoms with Gasteiger partial charge in [0.25, 0.3) is 0 Å². The molecule has 0 saturated carbocycles. The molecule has 0 bridgehead atoms. The number of thiol groups is 1. The first-order valence-electron chi connectivity index (χ1n) is 6.21. The number of carboxylic acids is 1. The van der Waals surface area contributed by atoms with Crippen LogP contribution in [0, 0.1) is 0 Å². The van der Waals surface area contributed by atoms with Crippen LogP contribution in [-0.2, 0) is 18.5 Å². The van der Waals surface area contributed by atoms with Crippen LogP contribution in [0.25, 0.3) is 0 Å². The first kappa shape index (κ1) is 51.3. The zero-order valence-electron chi connectivity index (χ0n) is 17.7. The Bertz CT molecular complexity index is 679. The Morgan fingerprint density at radius 2 is 0.848 bits per heavy atom. The molecule has 0 fully saturated rings. The van der Waals surface area contributed by atoms with Crippen molar-refractivity contribution in [3.8, 4) is 0 Å². The van der Waals surface area contributed by atoms with Crippen LogP contribution in [0.5, 0.6) is 0 Å². The van der Waals surface area contributed by atoms with E-state index in [0.717, 1.165) is 0 Å². The minimum absolute atomic E-state index is 0. The summed E-state index contributed by atoms with van der Waals surface area (Å²) in [7, 11) is -14.8. The summed E-state index contributed by atoms with van der Waals surface area (Å²) >= 11 is 3.98. The largest absolute Gasteiger partial charge is 1.00 e. The maximum Gasteiger partial charge on any atom is 1.00 e. The molecule has 180 valence electrons. The molecule has 0 heterocycles. The van der Waals surface area contributed by atoms with Gasteiger partial charge < -0.3 is 69.9 Å². The molecule has 0 unspecified atom stereocenters. The Morgan fingerprint density at radius 1 is 0.727 bits per heavy atom. The molecule has 0 aliphatic heterocycles. The van der Waals surface area contributed by atoms with Crippen molar-refractivity contribution in [2.45, 2.75) is 24.6 Å². The van der Waals surface area contributed by atoms with Crippen LogP contribution in [0.1, 0.15) is 13.8 Å². The minimum atomic E-state index is -4.93. The molecule has 9 N–H and O–H groups in total. The van der Waals surface area contributed by atoms with Crippen molar-refractivity contribution in [1.82, 2.24) is 0 Å². The molecule has 33 heavy (non-hydrogen) atoms. The summed E-state index contributed by atoms with van der Waals surface area (Å²) in [5.41, 5.74) is -1.80. The first-order valence-corrected chi connectivity index (χ1v) is 11.5. The fourth-order valence-corrected chi connectivity index (χ4v) is 0.413. The number of carbonyl (C=O) groups excluding carboxylic acids is 3. The predicted molar refractivity (Wildman–Crippen MR) is 91.0 cm³/mol. The van der Waals surface area contributed by atoms with Gasteiger partial charge in [0, 0.05) is 4.75 Å². The van der Waals surface area contributed by atoms with Crippen LogP contribution < -0.4 is 110 Å². The molecular weight excluding hydrogens is 576 g/mol. The summed E-state index contributed by atoms with van der Waals surface area (Å²) in [6.07, 6.45) is 0. The van der Waals surface area contributed by atoms with Gasteiger partial charge in [-0.3, -0.25) is 18.5 Å². The fraction of sp³-hybridized carbons (Fsp3) is 0.500. The van der Waals surface area contributed by atoms with E-state index in [2.05, 4.69) is 12.6 Å². The van der Waals surface area contributed by atoms with Crippen LogP contribution in [-0.4, -0.2) is 68.4 Å². The van der Waals surface area contributed by atoms with E-state index in [1.165, 1.54) is 0 Å². The molecule has 0 aromatic rings. The number of carbonyl (C=O) groups is 4. The normalized spacial score (nSPS) is 11.2. The standard InChI is InChI=1S/C5H11NO2S.3CH3O5P.3Na/c1-5(2,9)3(6)4(7)8;3*2-1(3)7(4,5)6;;;/h3,9H,6H2,1-2H3,(H,7,8);3*(H,2,3)(H2,4,5,6);;;/q;;;;3*+1/p-3/t3-;;;;;;/m1....../s1. The van der Waals surface area contributed by atoms with Gasteiger partial charge in [-0.05, 0) is 13.8 Å². The molecular formula is C8H17NNa3O17P3S. The summed E-state index contributed by atoms with van der Waals surface area (Å²) < 4.78 is 27.4. The zero-order valence-corrected chi connectivity index (χ0v) is 27.2. The van der Waals surface area contributed by atoms with Crippen molar-refractivity contribution in [3.05, 3.63) is 0 Å². The Hall–Kier alpha value is 1.64. The molecule has 0 amide bonds. The van der Waals surface area contributed by atoms with Crippen LogP contribution in [0.15, 0.2) is 0 Å². The summed E-state index contributed by atoms with van der Waals surface area (Å²) in [6.45, 7) is 3.32. The van der Waals surface area contributed by atoms with Gasteiger partial charge in [0.05, 0.1) is 0 Å². The van der Waals surface area contributed by atoms with E-state index in [4.69, 9.17) is 69.9 Å². The van der Waals surface area contributed by atoms with E-state index in [1.54, 1.807) is 13.8 Å². The SMILES string of the molecule is CC(C)(S)[C@H](N)C(=O)O.O=C([O-])P(=O)(O)O.O=C([O-])P(=O)(O)O.O=C([O-])P(=O)(O)O.[Na+].[Na+].[Na+]. The Balaban J connectivity index is -0.0000000533. The average Bonchev–Trinajstić information content (AvgIpc) is 2.44. The minimum Gasteiger partial charge on any atom is -0.538 e. The van der Waals surface area contributed by atoms with Crippen molar-refractivity contribution < 1.29 is 171 Å². The topological polar surface area (TPSA) is 356 Å². The van der Waals surface area contributed by atoms with Gasteiger partial charge in [-0.1, -0.05) is 0 Å². The summed E-state index contributed by atoms with van der Waals surface area (Å²) in [6, 6.07) is -0.902. The van der Waals surface area contributed by atoms with Crippen LogP contribution >= 0.6 is 35.4 Å². The predicted octanol–water partition coefficient (Wildman–Crippen LogP) is -13.4. The first-order chi connectivity index (χ1) is 12.7. The third kappa shape index (κ3) is 38.3. The van der Waals surface area contributed by atoms with E-state index in [0.29, 0.717) is 0 Å². The average molecular weight is 593 g/mol. The van der Waals surface area contributed by atoms with Crippen molar-refractivity contribution in [2.24, 2.45) is 5.73 Å². The number of carboxylic acid groups (broad SMARTS) is 4. The van der Waals surface area contributed by atoms with E-state index in [9.17, 15) is 18.5 Å². The molecule has 18 nitrogen and oxygen atoms in total. The smallest absolute Gasteiger partial charge is 0.538 e. The second-order valence-corrected chi connectivity index (χ2v) is 10.4. The number of nitrogens with two attached hydrogens (primary N) is 1. The quantitative estimate of drug-likeness (QED) is 0.0811. The van der Waals surface area contributed by atoms with Crippen molar-refractivity contribution in [1.29, 1.82) is 0 Å².